The molecular formula is C15H20O4. The van der Waals surface area contributed by atoms with Gasteiger partial charge in [-0.3, -0.25) is 9.59 Å². The topological polar surface area (TPSA) is 63.6 Å². The summed E-state index contributed by atoms with van der Waals surface area (Å²) < 4.78 is 5.73. The molecule has 0 aromatic heterocycles. The summed E-state index contributed by atoms with van der Waals surface area (Å²) in [6.45, 7) is 3.68. The van der Waals surface area contributed by atoms with Gasteiger partial charge in [0.05, 0.1) is 11.7 Å². The zero-order valence-corrected chi connectivity index (χ0v) is 11.4. The van der Waals surface area contributed by atoms with E-state index < -0.39 is 11.7 Å². The van der Waals surface area contributed by atoms with E-state index in [2.05, 4.69) is 0 Å². The maximum Gasteiger partial charge on any atom is 0.201 e. The molecule has 0 aromatic rings. The SMILES string of the molecule is CC1(C)CC(O)C2=C(O1)C(=O)C1CCCCC1C2=O. The highest BCUT2D eigenvalue weighted by atomic mass is 16.5. The van der Waals surface area contributed by atoms with E-state index in [0.29, 0.717) is 6.42 Å². The second kappa shape index (κ2) is 4.17. The summed E-state index contributed by atoms with van der Waals surface area (Å²) in [7, 11) is 0. The number of ketones is 2. The van der Waals surface area contributed by atoms with Crippen molar-refractivity contribution < 1.29 is 19.4 Å². The van der Waals surface area contributed by atoms with Crippen LogP contribution in [0.15, 0.2) is 11.3 Å². The first-order valence-corrected chi connectivity index (χ1v) is 7.10. The van der Waals surface area contributed by atoms with Crippen LogP contribution in [0.3, 0.4) is 0 Å². The first kappa shape index (κ1) is 12.9. The van der Waals surface area contributed by atoms with Crippen LogP contribution < -0.4 is 0 Å². The minimum absolute atomic E-state index is 0.0534. The second-order valence-electron chi connectivity index (χ2n) is 6.55. The Balaban J connectivity index is 2.06. The Labute approximate surface area is 112 Å². The number of Topliss-reactive ketones (excluding diaryl/α,β-unsaturated/α-hetero) is 2. The lowest BCUT2D eigenvalue weighted by Crippen LogP contribution is -2.48. The van der Waals surface area contributed by atoms with Crippen LogP contribution in [0.5, 0.6) is 0 Å². The van der Waals surface area contributed by atoms with Gasteiger partial charge >= 0.3 is 0 Å². The van der Waals surface area contributed by atoms with Crippen molar-refractivity contribution in [3.05, 3.63) is 11.3 Å². The van der Waals surface area contributed by atoms with Crippen molar-refractivity contribution in [3.8, 4) is 0 Å². The van der Waals surface area contributed by atoms with E-state index in [1.165, 1.54) is 0 Å². The molecule has 3 unspecified atom stereocenters. The zero-order chi connectivity index (χ0) is 13.8. The summed E-state index contributed by atoms with van der Waals surface area (Å²) >= 11 is 0. The molecule has 2 aliphatic carbocycles. The molecule has 3 aliphatic rings. The average Bonchev–Trinajstić information content (AvgIpc) is 2.34. The predicted octanol–water partition coefficient (Wildman–Crippen LogP) is 1.76. The Kier molecular flexibility index (Phi) is 2.82. The third-order valence-corrected chi connectivity index (χ3v) is 4.57. The van der Waals surface area contributed by atoms with Crippen molar-refractivity contribution in [1.29, 1.82) is 0 Å². The standard InChI is InChI=1S/C15H20O4/c1-15(2)7-10(16)11-12(17)8-5-3-4-6-9(8)13(18)14(11)19-15/h8-10,16H,3-7H2,1-2H3. The van der Waals surface area contributed by atoms with Crippen molar-refractivity contribution in [2.24, 2.45) is 11.8 Å². The van der Waals surface area contributed by atoms with Crippen LogP contribution in [-0.4, -0.2) is 28.4 Å². The first-order chi connectivity index (χ1) is 8.91. The van der Waals surface area contributed by atoms with E-state index in [-0.39, 0.29) is 34.7 Å². The van der Waals surface area contributed by atoms with Crippen LogP contribution in [0.4, 0.5) is 0 Å². The lowest BCUT2D eigenvalue weighted by atomic mass is 9.67. The van der Waals surface area contributed by atoms with Gasteiger partial charge < -0.3 is 9.84 Å². The smallest absolute Gasteiger partial charge is 0.201 e. The number of hydrogen-bond acceptors (Lipinski definition) is 4. The molecule has 0 amide bonds. The minimum Gasteiger partial charge on any atom is -0.483 e. The summed E-state index contributed by atoms with van der Waals surface area (Å²) in [6.07, 6.45) is 3.02. The number of allylic oxidation sites excluding steroid dienone is 1. The van der Waals surface area contributed by atoms with E-state index in [1.807, 2.05) is 13.8 Å². The van der Waals surface area contributed by atoms with Crippen molar-refractivity contribution in [1.82, 2.24) is 0 Å². The third kappa shape index (κ3) is 1.93. The van der Waals surface area contributed by atoms with Crippen LogP contribution in [0, 0.1) is 11.8 Å². The molecule has 1 saturated carbocycles. The molecule has 4 nitrogen and oxygen atoms in total. The van der Waals surface area contributed by atoms with Crippen LogP contribution >= 0.6 is 0 Å². The quantitative estimate of drug-likeness (QED) is 0.724. The molecule has 1 N–H and O–H groups in total. The molecule has 19 heavy (non-hydrogen) atoms. The number of rotatable bonds is 0. The fourth-order valence-corrected chi connectivity index (χ4v) is 3.68. The monoisotopic (exact) mass is 264 g/mol. The number of carbonyl (C=O) groups excluding carboxylic acids is 2. The van der Waals surface area contributed by atoms with E-state index in [4.69, 9.17) is 4.74 Å². The molecule has 1 fully saturated rings. The predicted molar refractivity (Wildman–Crippen MR) is 68.3 cm³/mol. The molecular weight excluding hydrogens is 244 g/mol. The van der Waals surface area contributed by atoms with Gasteiger partial charge in [-0.15, -0.1) is 0 Å². The Hall–Kier alpha value is -1.16. The van der Waals surface area contributed by atoms with Gasteiger partial charge in [-0.05, 0) is 26.7 Å². The van der Waals surface area contributed by atoms with Crippen LogP contribution in [-0.2, 0) is 14.3 Å². The maximum absolute atomic E-state index is 12.5. The van der Waals surface area contributed by atoms with Gasteiger partial charge in [0.1, 0.15) is 5.60 Å². The summed E-state index contributed by atoms with van der Waals surface area (Å²) in [5, 5.41) is 10.2. The van der Waals surface area contributed by atoms with Gasteiger partial charge in [0.2, 0.25) is 5.78 Å². The normalized spacial score (nSPS) is 37.5. The third-order valence-electron chi connectivity index (χ3n) is 4.57. The molecule has 0 bridgehead atoms. The first-order valence-electron chi connectivity index (χ1n) is 7.10. The highest BCUT2D eigenvalue weighted by molar-refractivity contribution is 6.13. The van der Waals surface area contributed by atoms with E-state index in [0.717, 1.165) is 25.7 Å². The van der Waals surface area contributed by atoms with Gasteiger partial charge in [0, 0.05) is 18.3 Å². The van der Waals surface area contributed by atoms with Crippen molar-refractivity contribution in [2.45, 2.75) is 57.7 Å². The molecule has 3 atom stereocenters. The number of aliphatic hydroxyl groups is 1. The molecule has 0 aromatic carbocycles. The van der Waals surface area contributed by atoms with Crippen molar-refractivity contribution >= 4 is 11.6 Å². The largest absolute Gasteiger partial charge is 0.483 e. The molecule has 1 heterocycles. The van der Waals surface area contributed by atoms with Crippen LogP contribution in [0.2, 0.25) is 0 Å². The van der Waals surface area contributed by atoms with E-state index in [1.54, 1.807) is 0 Å². The molecule has 0 saturated heterocycles. The number of fused-ring (bicyclic) bond motifs is 1. The van der Waals surface area contributed by atoms with Crippen molar-refractivity contribution in [3.63, 3.8) is 0 Å². The molecule has 1 aliphatic heterocycles. The highest BCUT2D eigenvalue weighted by Crippen LogP contribution is 2.44. The number of carbonyl (C=O) groups is 2. The zero-order valence-electron chi connectivity index (χ0n) is 11.4. The van der Waals surface area contributed by atoms with Gasteiger partial charge in [-0.1, -0.05) is 12.8 Å². The van der Waals surface area contributed by atoms with E-state index in [9.17, 15) is 14.7 Å². The number of ether oxygens (including phenoxy) is 1. The Morgan fingerprint density at radius 2 is 1.68 bits per heavy atom. The maximum atomic E-state index is 12.5. The summed E-state index contributed by atoms with van der Waals surface area (Å²) in [5.41, 5.74) is -0.345. The van der Waals surface area contributed by atoms with Gasteiger partial charge in [0.15, 0.2) is 11.5 Å². The lowest BCUT2D eigenvalue weighted by molar-refractivity contribution is -0.142. The molecule has 0 radical (unpaired) electrons. The van der Waals surface area contributed by atoms with Crippen molar-refractivity contribution in [2.75, 3.05) is 0 Å². The Morgan fingerprint density at radius 1 is 1.11 bits per heavy atom. The second-order valence-corrected chi connectivity index (χ2v) is 6.55. The fourth-order valence-electron chi connectivity index (χ4n) is 3.68. The summed E-state index contributed by atoms with van der Waals surface area (Å²) in [5.74, 6) is -0.411. The molecule has 3 rings (SSSR count). The summed E-state index contributed by atoms with van der Waals surface area (Å²) in [4.78, 5) is 25.0. The molecule has 4 heteroatoms. The van der Waals surface area contributed by atoms with Gasteiger partial charge in [-0.25, -0.2) is 0 Å². The molecule has 104 valence electrons. The van der Waals surface area contributed by atoms with Gasteiger partial charge in [-0.2, -0.15) is 0 Å². The summed E-state index contributed by atoms with van der Waals surface area (Å²) in [6, 6.07) is 0. The van der Waals surface area contributed by atoms with Crippen LogP contribution in [0.1, 0.15) is 46.0 Å². The highest BCUT2D eigenvalue weighted by Gasteiger charge is 2.50. The Bertz CT molecular complexity index is 475. The number of aliphatic hydroxyl groups excluding tert-OH is 1. The Morgan fingerprint density at radius 3 is 2.32 bits per heavy atom. The number of hydrogen-bond donors (Lipinski definition) is 1. The minimum atomic E-state index is -0.863. The lowest BCUT2D eigenvalue weighted by Gasteiger charge is -2.42. The van der Waals surface area contributed by atoms with Gasteiger partial charge in [0.25, 0.3) is 0 Å². The fraction of sp³-hybridized carbons (Fsp3) is 0.733. The molecule has 0 spiro atoms. The average molecular weight is 264 g/mol. The van der Waals surface area contributed by atoms with Crippen LogP contribution in [0.25, 0.3) is 0 Å². The van der Waals surface area contributed by atoms with E-state index >= 15 is 0 Å².